The van der Waals surface area contributed by atoms with Crippen LogP contribution in [0.2, 0.25) is 0 Å². The monoisotopic (exact) mass is 308 g/mol. The summed E-state index contributed by atoms with van der Waals surface area (Å²) in [4.78, 5) is 0. The molecule has 1 atom stereocenters. The molecular formula is C20H40N2. The zero-order chi connectivity index (χ0) is 16.8. The highest BCUT2D eigenvalue weighted by Crippen LogP contribution is 2.33. The molecule has 0 fully saturated rings. The first-order valence-electron chi connectivity index (χ1n) is 9.18. The summed E-state index contributed by atoms with van der Waals surface area (Å²) in [6.45, 7) is 17.4. The summed E-state index contributed by atoms with van der Waals surface area (Å²) < 4.78 is 2.26. The van der Waals surface area contributed by atoms with Crippen LogP contribution in [0.15, 0.2) is 12.3 Å². The normalized spacial score (nSPS) is 15.3. The zero-order valence-corrected chi connectivity index (χ0v) is 16.1. The lowest BCUT2D eigenvalue weighted by Gasteiger charge is -2.33. The Morgan fingerprint density at radius 2 is 1.82 bits per heavy atom. The predicted molar refractivity (Wildman–Crippen MR) is 99.2 cm³/mol. The van der Waals surface area contributed by atoms with E-state index in [4.69, 9.17) is 0 Å². The molecule has 0 N–H and O–H groups in total. The number of rotatable bonds is 9. The summed E-state index contributed by atoms with van der Waals surface area (Å²) in [5.74, 6) is 0.682. The van der Waals surface area contributed by atoms with Crippen molar-refractivity contribution in [3.63, 3.8) is 0 Å². The number of hydrogen-bond acceptors (Lipinski definition) is 1. The minimum Gasteiger partial charge on any atom is -0.269 e. The van der Waals surface area contributed by atoms with Crippen molar-refractivity contribution in [3.8, 4) is 0 Å². The van der Waals surface area contributed by atoms with Crippen LogP contribution < -0.4 is 0 Å². The maximum absolute atomic E-state index is 4.59. The third-order valence-electron chi connectivity index (χ3n) is 5.38. The Balaban J connectivity index is 0.00000484. The molecule has 0 amide bonds. The van der Waals surface area contributed by atoms with Gasteiger partial charge in [-0.15, -0.1) is 0 Å². The molecule has 130 valence electrons. The molecule has 0 spiro atoms. The van der Waals surface area contributed by atoms with E-state index >= 15 is 0 Å². The van der Waals surface area contributed by atoms with Crippen molar-refractivity contribution in [1.82, 2.24) is 9.78 Å². The van der Waals surface area contributed by atoms with Gasteiger partial charge in [0.2, 0.25) is 0 Å². The van der Waals surface area contributed by atoms with Gasteiger partial charge >= 0.3 is 0 Å². The highest BCUT2D eigenvalue weighted by atomic mass is 15.3. The van der Waals surface area contributed by atoms with Gasteiger partial charge < -0.3 is 0 Å². The average Bonchev–Trinajstić information content (AvgIpc) is 2.84. The zero-order valence-electron chi connectivity index (χ0n) is 16.1. The fourth-order valence-electron chi connectivity index (χ4n) is 2.90. The Hall–Kier alpha value is -0.790. The molecule has 1 rings (SSSR count). The third-order valence-corrected chi connectivity index (χ3v) is 5.38. The molecule has 22 heavy (non-hydrogen) atoms. The second-order valence-corrected chi connectivity index (χ2v) is 8.76. The van der Waals surface area contributed by atoms with Crippen molar-refractivity contribution in [1.29, 1.82) is 0 Å². The second kappa shape index (κ2) is 8.17. The summed E-state index contributed by atoms with van der Waals surface area (Å²) >= 11 is 0. The number of aryl methyl sites for hydroxylation is 1. The maximum atomic E-state index is 4.59. The van der Waals surface area contributed by atoms with Gasteiger partial charge in [-0.05, 0) is 48.5 Å². The third kappa shape index (κ3) is 6.14. The highest BCUT2D eigenvalue weighted by molar-refractivity contribution is 5.01. The molecular weight excluding hydrogens is 268 g/mol. The Morgan fingerprint density at radius 3 is 2.36 bits per heavy atom. The molecule has 0 saturated carbocycles. The quantitative estimate of drug-likeness (QED) is 0.486. The molecule has 0 bridgehead atoms. The van der Waals surface area contributed by atoms with E-state index in [0.29, 0.717) is 16.7 Å². The van der Waals surface area contributed by atoms with Crippen molar-refractivity contribution in [2.75, 3.05) is 0 Å². The van der Waals surface area contributed by atoms with Crippen LogP contribution in [0, 0.1) is 16.7 Å². The molecule has 0 radical (unpaired) electrons. The number of nitrogens with zero attached hydrogens (tertiary/aromatic N) is 2. The lowest BCUT2D eigenvalue weighted by Crippen LogP contribution is -2.29. The largest absolute Gasteiger partial charge is 0.269 e. The van der Waals surface area contributed by atoms with Gasteiger partial charge in [0.1, 0.15) is 0 Å². The first kappa shape index (κ1) is 19.3. The van der Waals surface area contributed by atoms with Gasteiger partial charge in [-0.1, -0.05) is 61.3 Å². The van der Waals surface area contributed by atoms with Crippen molar-refractivity contribution >= 4 is 0 Å². The van der Waals surface area contributed by atoms with Gasteiger partial charge in [-0.2, -0.15) is 5.10 Å². The van der Waals surface area contributed by atoms with Crippen molar-refractivity contribution in [2.45, 2.75) is 93.5 Å². The molecule has 1 heterocycles. The van der Waals surface area contributed by atoms with E-state index in [-0.39, 0.29) is 1.43 Å². The van der Waals surface area contributed by atoms with Crippen molar-refractivity contribution in [2.24, 2.45) is 16.7 Å². The molecule has 2 heteroatoms. The molecule has 2 nitrogen and oxygen atoms in total. The number of aromatic nitrogens is 2. The van der Waals surface area contributed by atoms with Gasteiger partial charge in [0.25, 0.3) is 0 Å². The first-order chi connectivity index (χ1) is 10.2. The van der Waals surface area contributed by atoms with Crippen LogP contribution >= 0.6 is 0 Å². The van der Waals surface area contributed by atoms with Crippen LogP contribution in [0.25, 0.3) is 0 Å². The van der Waals surface area contributed by atoms with Crippen molar-refractivity contribution in [3.05, 3.63) is 18.0 Å². The first-order valence-corrected chi connectivity index (χ1v) is 9.18. The predicted octanol–water partition coefficient (Wildman–Crippen LogP) is 6.35. The Kier molecular flexibility index (Phi) is 7.15. The van der Waals surface area contributed by atoms with Crippen LogP contribution in [0.4, 0.5) is 0 Å². The maximum Gasteiger partial charge on any atom is 0.0492 e. The van der Waals surface area contributed by atoms with Gasteiger partial charge in [0.15, 0.2) is 0 Å². The van der Waals surface area contributed by atoms with E-state index in [1.165, 1.54) is 44.2 Å². The van der Waals surface area contributed by atoms with E-state index in [9.17, 15) is 0 Å². The molecule has 0 aromatic carbocycles. The van der Waals surface area contributed by atoms with Gasteiger partial charge in [-0.3, -0.25) is 4.68 Å². The van der Waals surface area contributed by atoms with E-state index in [0.717, 1.165) is 6.54 Å². The van der Waals surface area contributed by atoms with Gasteiger partial charge in [0.05, 0.1) is 0 Å². The standard InChI is InChI=1S/C20H38N2.H2/c1-8-20(7,17(2)3)16-22-18(13-15-21-22)12-10-9-11-14-19(4,5)6;/h13,15,17H,8-12,14,16H2,1-7H3;1H/t20-;/m0./s1. The Bertz CT molecular complexity index is 431. The Morgan fingerprint density at radius 1 is 1.14 bits per heavy atom. The smallest absolute Gasteiger partial charge is 0.0492 e. The summed E-state index contributed by atoms with van der Waals surface area (Å²) in [5, 5.41) is 4.59. The lowest BCUT2D eigenvalue weighted by atomic mass is 9.77. The minimum absolute atomic E-state index is 0. The van der Waals surface area contributed by atoms with Gasteiger partial charge in [-0.25, -0.2) is 0 Å². The summed E-state index contributed by atoms with van der Waals surface area (Å²) in [6.07, 6.45) is 9.63. The average molecular weight is 309 g/mol. The molecule has 1 aromatic rings. The van der Waals surface area contributed by atoms with E-state index in [1.807, 2.05) is 6.20 Å². The number of unbranched alkanes of at least 4 members (excludes halogenated alkanes) is 2. The fourth-order valence-corrected chi connectivity index (χ4v) is 2.90. The Labute approximate surface area is 140 Å². The van der Waals surface area contributed by atoms with Crippen LogP contribution in [0.3, 0.4) is 0 Å². The van der Waals surface area contributed by atoms with Crippen LogP contribution in [-0.4, -0.2) is 9.78 Å². The molecule has 0 saturated heterocycles. The molecule has 0 aliphatic heterocycles. The summed E-state index contributed by atoms with van der Waals surface area (Å²) in [7, 11) is 0. The summed E-state index contributed by atoms with van der Waals surface area (Å²) in [5.41, 5.74) is 2.23. The van der Waals surface area contributed by atoms with Crippen molar-refractivity contribution < 1.29 is 1.43 Å². The van der Waals surface area contributed by atoms with E-state index in [2.05, 4.69) is 64.3 Å². The minimum atomic E-state index is 0. The van der Waals surface area contributed by atoms with E-state index in [1.54, 1.807) is 0 Å². The second-order valence-electron chi connectivity index (χ2n) is 8.76. The topological polar surface area (TPSA) is 17.8 Å². The molecule has 0 aliphatic rings. The molecule has 1 aromatic heterocycles. The number of hydrogen-bond donors (Lipinski definition) is 0. The van der Waals surface area contributed by atoms with Gasteiger partial charge in [0, 0.05) is 19.9 Å². The van der Waals surface area contributed by atoms with E-state index < -0.39 is 0 Å². The molecule has 0 unspecified atom stereocenters. The van der Waals surface area contributed by atoms with Crippen LogP contribution in [0.1, 0.15) is 87.7 Å². The molecule has 0 aliphatic carbocycles. The SMILES string of the molecule is CC[C@@](C)(Cn1nccc1CCCCCC(C)(C)C)C(C)C.[HH]. The summed E-state index contributed by atoms with van der Waals surface area (Å²) in [6, 6.07) is 2.21. The lowest BCUT2D eigenvalue weighted by molar-refractivity contribution is 0.163. The fraction of sp³-hybridized carbons (Fsp3) is 0.850. The van der Waals surface area contributed by atoms with Crippen LogP contribution in [-0.2, 0) is 13.0 Å². The highest BCUT2D eigenvalue weighted by Gasteiger charge is 2.27. The van der Waals surface area contributed by atoms with Crippen LogP contribution in [0.5, 0.6) is 0 Å².